The van der Waals surface area contributed by atoms with Gasteiger partial charge in [0.15, 0.2) is 5.16 Å². The maximum atomic E-state index is 12.9. The summed E-state index contributed by atoms with van der Waals surface area (Å²) in [5.41, 5.74) is 7.80. The molecule has 1 aromatic heterocycles. The van der Waals surface area contributed by atoms with E-state index in [2.05, 4.69) is 27.6 Å². The van der Waals surface area contributed by atoms with Crippen LogP contribution in [0.15, 0.2) is 53.7 Å². The Morgan fingerprint density at radius 2 is 1.86 bits per heavy atom. The van der Waals surface area contributed by atoms with Gasteiger partial charge >= 0.3 is 0 Å². The molecular formula is C20H21Cl2N5OS. The third-order valence-electron chi connectivity index (χ3n) is 4.29. The molecule has 0 aliphatic rings. The second kappa shape index (κ2) is 10.0. The van der Waals surface area contributed by atoms with Crippen LogP contribution in [0.1, 0.15) is 24.9 Å². The van der Waals surface area contributed by atoms with Gasteiger partial charge in [0.05, 0.1) is 0 Å². The van der Waals surface area contributed by atoms with Crippen LogP contribution in [0.25, 0.3) is 0 Å². The summed E-state index contributed by atoms with van der Waals surface area (Å²) in [7, 11) is 0. The highest BCUT2D eigenvalue weighted by molar-refractivity contribution is 7.99. The zero-order valence-electron chi connectivity index (χ0n) is 15.8. The summed E-state index contributed by atoms with van der Waals surface area (Å²) in [6.07, 6.45) is 1.40. The largest absolute Gasteiger partial charge is 0.368 e. The molecule has 0 saturated heterocycles. The third-order valence-corrected chi connectivity index (χ3v) is 5.67. The lowest BCUT2D eigenvalue weighted by molar-refractivity contribution is -0.119. The van der Waals surface area contributed by atoms with E-state index in [0.717, 1.165) is 12.2 Å². The van der Waals surface area contributed by atoms with Gasteiger partial charge in [-0.2, -0.15) is 0 Å². The van der Waals surface area contributed by atoms with E-state index < -0.39 is 6.04 Å². The third kappa shape index (κ3) is 5.65. The van der Waals surface area contributed by atoms with Crippen LogP contribution >= 0.6 is 35.0 Å². The minimum absolute atomic E-state index is 0.207. The number of hydrogen-bond acceptors (Lipinski definition) is 5. The molecule has 3 aromatic rings. The molecule has 3 rings (SSSR count). The molecule has 0 aliphatic carbocycles. The quantitative estimate of drug-likeness (QED) is 0.467. The van der Waals surface area contributed by atoms with E-state index in [9.17, 15) is 4.79 Å². The lowest BCUT2D eigenvalue weighted by Crippen LogP contribution is -2.27. The van der Waals surface area contributed by atoms with Crippen molar-refractivity contribution in [2.24, 2.45) is 0 Å². The van der Waals surface area contributed by atoms with Crippen molar-refractivity contribution in [1.82, 2.24) is 14.8 Å². The lowest BCUT2D eigenvalue weighted by Gasteiger charge is -2.19. The van der Waals surface area contributed by atoms with E-state index in [-0.39, 0.29) is 11.9 Å². The molecule has 1 unspecified atom stereocenters. The van der Waals surface area contributed by atoms with Crippen molar-refractivity contribution in [3.8, 4) is 0 Å². The van der Waals surface area contributed by atoms with E-state index in [4.69, 9.17) is 28.9 Å². The fraction of sp³-hybridized carbons (Fsp3) is 0.250. The summed E-state index contributed by atoms with van der Waals surface area (Å²) >= 11 is 13.6. The Morgan fingerprint density at radius 1 is 1.17 bits per heavy atom. The van der Waals surface area contributed by atoms with Crippen molar-refractivity contribution < 1.29 is 4.79 Å². The van der Waals surface area contributed by atoms with Crippen molar-refractivity contribution in [2.45, 2.75) is 31.0 Å². The topological polar surface area (TPSA) is 85.8 Å². The molecule has 0 saturated carbocycles. The highest BCUT2D eigenvalue weighted by atomic mass is 35.5. The van der Waals surface area contributed by atoms with Crippen LogP contribution in [0.3, 0.4) is 0 Å². The van der Waals surface area contributed by atoms with Gasteiger partial charge in [-0.05, 0) is 36.6 Å². The number of hydrogen-bond donors (Lipinski definition) is 2. The molecule has 9 heteroatoms. The van der Waals surface area contributed by atoms with Crippen molar-refractivity contribution in [3.05, 3.63) is 64.1 Å². The number of nitrogen functional groups attached to an aromatic ring is 1. The number of aromatic nitrogens is 3. The summed E-state index contributed by atoms with van der Waals surface area (Å²) in [5.74, 6) is 0.768. The molecule has 152 valence electrons. The average Bonchev–Trinajstić information content (AvgIpc) is 3.03. The number of halogens is 2. The summed E-state index contributed by atoms with van der Waals surface area (Å²) in [5, 5.41) is 12.5. The van der Waals surface area contributed by atoms with Crippen LogP contribution in [0.2, 0.25) is 10.0 Å². The van der Waals surface area contributed by atoms with Crippen LogP contribution in [-0.2, 0) is 11.2 Å². The zero-order chi connectivity index (χ0) is 20.8. The SMILES string of the molecule is CCC(C(=O)Nc1cc(Cl)cc(Cl)c1)n1c(N)nnc1SCCc1ccccc1. The second-order valence-electron chi connectivity index (χ2n) is 6.37. The minimum atomic E-state index is -0.554. The van der Waals surface area contributed by atoms with Crippen LogP contribution in [0, 0.1) is 0 Å². The van der Waals surface area contributed by atoms with E-state index in [1.165, 1.54) is 17.3 Å². The first kappa shape index (κ1) is 21.5. The number of benzene rings is 2. The number of aryl methyl sites for hydroxylation is 1. The van der Waals surface area contributed by atoms with Crippen LogP contribution in [0.5, 0.6) is 0 Å². The van der Waals surface area contributed by atoms with Crippen molar-refractivity contribution in [1.29, 1.82) is 0 Å². The van der Waals surface area contributed by atoms with E-state index in [1.807, 2.05) is 25.1 Å². The highest BCUT2D eigenvalue weighted by Crippen LogP contribution is 2.28. The van der Waals surface area contributed by atoms with Gasteiger partial charge in [-0.15, -0.1) is 10.2 Å². The molecule has 3 N–H and O–H groups in total. The number of rotatable bonds is 8. The Hall–Kier alpha value is -2.22. The zero-order valence-corrected chi connectivity index (χ0v) is 18.1. The Kier molecular flexibility index (Phi) is 7.41. The van der Waals surface area contributed by atoms with Gasteiger partial charge in [-0.1, -0.05) is 72.2 Å². The van der Waals surface area contributed by atoms with Gasteiger partial charge in [0.2, 0.25) is 11.9 Å². The summed E-state index contributed by atoms with van der Waals surface area (Å²) in [4.78, 5) is 12.9. The molecule has 1 atom stereocenters. The number of anilines is 2. The molecular weight excluding hydrogens is 429 g/mol. The van der Waals surface area contributed by atoms with Crippen LogP contribution < -0.4 is 11.1 Å². The van der Waals surface area contributed by atoms with Crippen LogP contribution in [0.4, 0.5) is 11.6 Å². The molecule has 0 aliphatic heterocycles. The fourth-order valence-electron chi connectivity index (χ4n) is 2.92. The van der Waals surface area contributed by atoms with E-state index >= 15 is 0 Å². The molecule has 29 heavy (non-hydrogen) atoms. The normalized spacial score (nSPS) is 12.0. The molecule has 0 radical (unpaired) electrons. The van der Waals surface area contributed by atoms with Gasteiger partial charge < -0.3 is 11.1 Å². The fourth-order valence-corrected chi connectivity index (χ4v) is 4.43. The van der Waals surface area contributed by atoms with Gasteiger partial charge in [-0.3, -0.25) is 9.36 Å². The molecule has 0 fully saturated rings. The first-order chi connectivity index (χ1) is 14.0. The monoisotopic (exact) mass is 449 g/mol. The Balaban J connectivity index is 1.73. The van der Waals surface area contributed by atoms with E-state index in [1.54, 1.807) is 22.8 Å². The minimum Gasteiger partial charge on any atom is -0.368 e. The number of carbonyl (C=O) groups excluding carboxylic acids is 1. The number of nitrogens with one attached hydrogen (secondary N) is 1. The lowest BCUT2D eigenvalue weighted by atomic mass is 10.2. The Bertz CT molecular complexity index is 960. The number of nitrogens with two attached hydrogens (primary N) is 1. The molecule has 0 bridgehead atoms. The van der Waals surface area contributed by atoms with Gasteiger partial charge in [-0.25, -0.2) is 0 Å². The number of thioether (sulfide) groups is 1. The predicted octanol–water partition coefficient (Wildman–Crippen LogP) is 5.09. The maximum Gasteiger partial charge on any atom is 0.247 e. The molecule has 6 nitrogen and oxygen atoms in total. The first-order valence-corrected chi connectivity index (χ1v) is 10.9. The summed E-state index contributed by atoms with van der Waals surface area (Å²) in [6, 6.07) is 14.5. The second-order valence-corrected chi connectivity index (χ2v) is 8.30. The van der Waals surface area contributed by atoms with E-state index in [0.29, 0.717) is 27.3 Å². The molecule has 1 amide bonds. The smallest absolute Gasteiger partial charge is 0.247 e. The summed E-state index contributed by atoms with van der Waals surface area (Å²) < 4.78 is 1.68. The van der Waals surface area contributed by atoms with Gasteiger partial charge in [0.25, 0.3) is 0 Å². The standard InChI is InChI=1S/C20H21Cl2N5OS/c1-2-17(18(28)24-16-11-14(21)10-15(22)12-16)27-19(23)25-26-20(27)29-9-8-13-6-4-3-5-7-13/h3-7,10-12,17H,2,8-9H2,1H3,(H2,23,25)(H,24,28). The number of amides is 1. The maximum absolute atomic E-state index is 12.9. The predicted molar refractivity (Wildman–Crippen MR) is 120 cm³/mol. The summed E-state index contributed by atoms with van der Waals surface area (Å²) in [6.45, 7) is 1.91. The molecule has 2 aromatic carbocycles. The highest BCUT2D eigenvalue weighted by Gasteiger charge is 2.25. The van der Waals surface area contributed by atoms with Crippen molar-refractivity contribution >= 4 is 52.5 Å². The Morgan fingerprint density at radius 3 is 2.52 bits per heavy atom. The van der Waals surface area contributed by atoms with Crippen molar-refractivity contribution in [3.63, 3.8) is 0 Å². The number of nitrogens with zero attached hydrogens (tertiary/aromatic N) is 3. The molecule has 0 spiro atoms. The average molecular weight is 450 g/mol. The first-order valence-electron chi connectivity index (χ1n) is 9.12. The van der Waals surface area contributed by atoms with Gasteiger partial charge in [0.1, 0.15) is 6.04 Å². The van der Waals surface area contributed by atoms with Gasteiger partial charge in [0, 0.05) is 21.5 Å². The van der Waals surface area contributed by atoms with Crippen LogP contribution in [-0.4, -0.2) is 26.4 Å². The number of carbonyl (C=O) groups is 1. The Labute approximate surface area is 183 Å². The molecule has 1 heterocycles. The van der Waals surface area contributed by atoms with Crippen molar-refractivity contribution in [2.75, 3.05) is 16.8 Å².